The van der Waals surface area contributed by atoms with Gasteiger partial charge in [0, 0.05) is 58.3 Å². The Labute approximate surface area is 467 Å². The molecule has 0 saturated carbocycles. The third-order valence-corrected chi connectivity index (χ3v) is 14.4. The van der Waals surface area contributed by atoms with E-state index in [9.17, 15) is 43.5 Å². The summed E-state index contributed by atoms with van der Waals surface area (Å²) in [6.45, 7) is 9.32. The second kappa shape index (κ2) is 31.1. The molecule has 0 unspecified atom stereocenters. The van der Waals surface area contributed by atoms with E-state index >= 15 is 0 Å². The van der Waals surface area contributed by atoms with Crippen LogP contribution < -0.4 is 64.9 Å². The smallest absolute Gasteiger partial charge is 0.261 e. The van der Waals surface area contributed by atoms with Crippen LogP contribution in [-0.4, -0.2) is 149 Å². The zero-order valence-electron chi connectivity index (χ0n) is 46.7. The molecule has 1 fully saturated rings. The van der Waals surface area contributed by atoms with Crippen molar-refractivity contribution in [3.8, 4) is 5.75 Å². The number of fused-ring (bicyclic) bond motifs is 1. The Morgan fingerprint density at radius 3 is 2.02 bits per heavy atom. The number of benzene rings is 2. The molecule has 2 heterocycles. The molecule has 7 amide bonds. The largest absolute Gasteiger partial charge is 0.508 e. The molecule has 2 aromatic carbocycles. The lowest BCUT2D eigenvalue weighted by Gasteiger charge is -2.38. The van der Waals surface area contributed by atoms with Gasteiger partial charge in [-0.15, -0.1) is 0 Å². The zero-order valence-corrected chi connectivity index (χ0v) is 46.7. The van der Waals surface area contributed by atoms with E-state index in [1.807, 2.05) is 56.9 Å². The van der Waals surface area contributed by atoms with E-state index < -0.39 is 77.9 Å². The molecule has 0 spiro atoms. The van der Waals surface area contributed by atoms with Gasteiger partial charge < -0.3 is 69.3 Å². The number of nitrogens with zero attached hydrogens (tertiary/aromatic N) is 4. The average molecular weight is 1110 g/mol. The van der Waals surface area contributed by atoms with Crippen LogP contribution in [0.5, 0.6) is 5.75 Å². The van der Waals surface area contributed by atoms with E-state index in [-0.39, 0.29) is 73.0 Å². The van der Waals surface area contributed by atoms with Crippen LogP contribution >= 0.6 is 0 Å². The molecule has 24 nitrogen and oxygen atoms in total. The number of phenols is 1. The third-order valence-electron chi connectivity index (χ3n) is 14.4. The zero-order chi connectivity index (χ0) is 58.5. The van der Waals surface area contributed by atoms with Crippen LogP contribution in [0.3, 0.4) is 0 Å². The molecular weight excluding hydrogens is 1030 g/mol. The van der Waals surface area contributed by atoms with Gasteiger partial charge in [0.15, 0.2) is 5.96 Å². The Hall–Kier alpha value is -7.86. The molecule has 1 aromatic heterocycles. The molecule has 0 radical (unpaired) electrons. The normalized spacial score (nSPS) is 15.8. The number of hydrogen-bond donors (Lipinski definition) is 12. The predicted octanol–water partition coefficient (Wildman–Crippen LogP) is 0.252. The van der Waals surface area contributed by atoms with Gasteiger partial charge in [0.05, 0.1) is 23.3 Å². The molecule has 15 N–H and O–H groups in total. The van der Waals surface area contributed by atoms with E-state index in [1.165, 1.54) is 25.5 Å². The molecule has 1 saturated heterocycles. The van der Waals surface area contributed by atoms with Gasteiger partial charge in [-0.3, -0.25) is 48.3 Å². The number of likely N-dealkylation sites (N-methyl/N-ethyl adjacent to an activating group) is 1. The number of rotatable bonds is 30. The second-order valence-corrected chi connectivity index (χ2v) is 21.0. The number of amides is 7. The fourth-order valence-corrected chi connectivity index (χ4v) is 9.46. The Morgan fingerprint density at radius 2 is 1.41 bits per heavy atom. The van der Waals surface area contributed by atoms with E-state index in [2.05, 4.69) is 42.2 Å². The van der Waals surface area contributed by atoms with E-state index in [1.54, 1.807) is 29.2 Å². The highest BCUT2D eigenvalue weighted by molar-refractivity contribution is 5.96. The highest BCUT2D eigenvalue weighted by Crippen LogP contribution is 2.22. The highest BCUT2D eigenvalue weighted by atomic mass is 16.3. The highest BCUT2D eigenvalue weighted by Gasteiger charge is 2.34. The van der Waals surface area contributed by atoms with Crippen molar-refractivity contribution in [2.45, 2.75) is 135 Å². The lowest BCUT2D eigenvalue weighted by Crippen LogP contribution is -2.59. The first kappa shape index (κ1) is 63.0. The Kier molecular flexibility index (Phi) is 24.5. The summed E-state index contributed by atoms with van der Waals surface area (Å²) in [5, 5.41) is 37.0. The van der Waals surface area contributed by atoms with E-state index in [0.717, 1.165) is 10.1 Å². The number of nitrogens with two attached hydrogens (primary N) is 3. The van der Waals surface area contributed by atoms with Gasteiger partial charge in [-0.05, 0) is 105 Å². The maximum Gasteiger partial charge on any atom is 0.261 e. The quantitative estimate of drug-likeness (QED) is 0.0242. The SMILES string of the molecule is CC[C@H](C)[C@H](N)C(=O)N[C@@H](CCCCN)C(=O)N1CCN(c2ccc3ncn(CC(=O)N[C@@H](CCCNC(=N)N)C(=O)N[C@@H](CC4=CCC=C4)C(=O)N[C@@H](Cc4ccc(O)cc4)C(=O)N[C@@H](CC(C)C)C(=O)NC)c(=O)c3c2)CC1. The molecule has 1 aliphatic carbocycles. The number of piperazine rings is 1. The number of phenolic OH excluding ortho intramolecular Hbond substituents is 1. The van der Waals surface area contributed by atoms with Gasteiger partial charge in [-0.2, -0.15) is 0 Å². The van der Waals surface area contributed by atoms with Crippen LogP contribution in [-0.2, 0) is 46.5 Å². The minimum absolute atomic E-state index is 0.00338. The van der Waals surface area contributed by atoms with Gasteiger partial charge in [0.2, 0.25) is 41.4 Å². The molecule has 24 heteroatoms. The summed E-state index contributed by atoms with van der Waals surface area (Å²) in [7, 11) is 1.46. The molecule has 3 aromatic rings. The first-order valence-electron chi connectivity index (χ1n) is 27.6. The molecule has 7 atom stereocenters. The molecule has 80 heavy (non-hydrogen) atoms. The summed E-state index contributed by atoms with van der Waals surface area (Å²) in [4.78, 5) is 119. The minimum atomic E-state index is -1.27. The number of aromatic hydroxyl groups is 1. The number of anilines is 1. The number of aromatic nitrogens is 2. The Morgan fingerprint density at radius 1 is 0.775 bits per heavy atom. The van der Waals surface area contributed by atoms with Crippen molar-refractivity contribution in [1.29, 1.82) is 5.41 Å². The number of allylic oxidation sites excluding steroid dienone is 3. The van der Waals surface area contributed by atoms with Crippen molar-refractivity contribution in [1.82, 2.24) is 51.7 Å². The van der Waals surface area contributed by atoms with Crippen LogP contribution in [0.25, 0.3) is 10.9 Å². The molecule has 0 bridgehead atoms. The van der Waals surface area contributed by atoms with E-state index in [0.29, 0.717) is 88.0 Å². The predicted molar refractivity (Wildman–Crippen MR) is 306 cm³/mol. The number of hydrogen-bond acceptors (Lipinski definition) is 14. The first-order valence-corrected chi connectivity index (χ1v) is 27.6. The van der Waals surface area contributed by atoms with Crippen LogP contribution in [0.2, 0.25) is 0 Å². The van der Waals surface area contributed by atoms with Crippen molar-refractivity contribution in [3.63, 3.8) is 0 Å². The van der Waals surface area contributed by atoms with Crippen LogP contribution in [0, 0.1) is 17.2 Å². The number of carbonyl (C=O) groups is 7. The first-order chi connectivity index (χ1) is 38.2. The van der Waals surface area contributed by atoms with E-state index in [4.69, 9.17) is 22.6 Å². The molecular formula is C56H83N15O9. The van der Waals surface area contributed by atoms with Crippen LogP contribution in [0.1, 0.15) is 91.0 Å². The minimum Gasteiger partial charge on any atom is -0.508 e. The monoisotopic (exact) mass is 1110 g/mol. The molecule has 5 rings (SSSR count). The maximum atomic E-state index is 14.5. The van der Waals surface area contributed by atoms with Crippen molar-refractivity contribution in [2.24, 2.45) is 29.0 Å². The van der Waals surface area contributed by atoms with Gasteiger partial charge in [0.25, 0.3) is 5.56 Å². The standard InChI is InChI=1S/C56H83N15O9/c1-6-35(4)48(58)53(78)65-43(14-9-10-22-57)55(80)70-26-24-69(25-27-70)38-18-21-41-40(31-38)54(79)71(33-63-41)32-47(73)64-42(15-11-23-62-56(59)60)50(75)67-45(29-36-12-7-8-13-36)52(77)68-46(30-37-16-19-39(72)20-17-37)51(76)66-44(28-34(2)3)49(74)61-5/h7,12-13,16-21,31,33-35,42-46,48,72H,6,8-11,14-15,22-30,32,57-58H2,1-5H3,(H,61,74)(H,64,73)(H,65,78)(H,66,76)(H,67,75)(H,68,77)(H4,59,60,62)/t35-,42-,43-,44-,45-,46-,48-/m0/s1. The fourth-order valence-electron chi connectivity index (χ4n) is 9.46. The fraction of sp³-hybridized carbons (Fsp3) is 0.536. The summed E-state index contributed by atoms with van der Waals surface area (Å²) in [6.07, 6.45) is 10.5. The Bertz CT molecular complexity index is 2760. The summed E-state index contributed by atoms with van der Waals surface area (Å²) >= 11 is 0. The topological polar surface area (TPSA) is 367 Å². The van der Waals surface area contributed by atoms with Crippen molar-refractivity contribution < 1.29 is 38.7 Å². The van der Waals surface area contributed by atoms with Crippen molar-refractivity contribution >= 4 is 63.9 Å². The van der Waals surface area contributed by atoms with Crippen LogP contribution in [0.15, 0.2) is 77.4 Å². The third kappa shape index (κ3) is 18.9. The number of carbonyl (C=O) groups excluding carboxylic acids is 7. The summed E-state index contributed by atoms with van der Waals surface area (Å²) in [5.74, 6) is -4.16. The van der Waals surface area contributed by atoms with Gasteiger partial charge in [-0.1, -0.05) is 64.5 Å². The molecule has 2 aliphatic rings. The van der Waals surface area contributed by atoms with Crippen LogP contribution in [0.4, 0.5) is 5.69 Å². The summed E-state index contributed by atoms with van der Waals surface area (Å²) in [6, 6.07) is 5.12. The Balaban J connectivity index is 1.32. The summed E-state index contributed by atoms with van der Waals surface area (Å²) in [5.41, 5.74) is 19.3. The molecule has 436 valence electrons. The average Bonchev–Trinajstić information content (AvgIpc) is 3.98. The van der Waals surface area contributed by atoms with Gasteiger partial charge in [0.1, 0.15) is 42.5 Å². The second-order valence-electron chi connectivity index (χ2n) is 21.0. The number of unbranched alkanes of at least 4 members (excludes halogenated alkanes) is 1. The molecule has 1 aliphatic heterocycles. The van der Waals surface area contributed by atoms with Gasteiger partial charge >= 0.3 is 0 Å². The number of nitrogens with one attached hydrogen (secondary N) is 8. The van der Waals surface area contributed by atoms with Crippen molar-refractivity contribution in [2.75, 3.05) is 51.2 Å². The maximum absolute atomic E-state index is 14.5. The van der Waals surface area contributed by atoms with Crippen molar-refractivity contribution in [3.05, 3.63) is 88.5 Å². The lowest BCUT2D eigenvalue weighted by molar-refractivity contribution is -0.137. The summed E-state index contributed by atoms with van der Waals surface area (Å²) < 4.78 is 1.13. The lowest BCUT2D eigenvalue weighted by atomic mass is 9.98. The van der Waals surface area contributed by atoms with Gasteiger partial charge in [-0.25, -0.2) is 4.98 Å². The number of guanidine groups is 1.